The Bertz CT molecular complexity index is 453. The first-order chi connectivity index (χ1) is 8.32. The second-order valence-electron chi connectivity index (χ2n) is 3.74. The van der Waals surface area contributed by atoms with E-state index in [-0.39, 0.29) is 11.5 Å². The summed E-state index contributed by atoms with van der Waals surface area (Å²) in [6.07, 6.45) is -2.64. The molecule has 0 saturated heterocycles. The lowest BCUT2D eigenvalue weighted by Gasteiger charge is -2.11. The molecule has 0 aliphatic heterocycles. The van der Waals surface area contributed by atoms with Crippen LogP contribution in [-0.4, -0.2) is 25.3 Å². The summed E-state index contributed by atoms with van der Waals surface area (Å²) in [5.74, 6) is -0.107. The zero-order valence-electron chi connectivity index (χ0n) is 9.86. The minimum atomic E-state index is -4.44. The van der Waals surface area contributed by atoms with Crippen molar-refractivity contribution in [2.75, 3.05) is 14.1 Å². The summed E-state index contributed by atoms with van der Waals surface area (Å²) in [5, 5.41) is 0. The summed E-state index contributed by atoms with van der Waals surface area (Å²) in [6.45, 7) is 0. The minimum Gasteiger partial charge on any atom is -0.452 e. The minimum absolute atomic E-state index is 0.0370. The number of hydrogen-bond acceptors (Lipinski definition) is 3. The average molecular weight is 259 g/mol. The van der Waals surface area contributed by atoms with Crippen LogP contribution in [0.2, 0.25) is 0 Å². The van der Waals surface area contributed by atoms with Crippen LogP contribution in [0.1, 0.15) is 5.56 Å². The number of ether oxygens (including phenoxy) is 1. The lowest BCUT2D eigenvalue weighted by molar-refractivity contribution is -0.137. The lowest BCUT2D eigenvalue weighted by atomic mass is 10.2. The third-order valence-corrected chi connectivity index (χ3v) is 1.90. The second kappa shape index (κ2) is 5.57. The van der Waals surface area contributed by atoms with E-state index in [0.717, 1.165) is 12.1 Å². The lowest BCUT2D eigenvalue weighted by Crippen LogP contribution is -2.08. The Balaban J connectivity index is 2.95. The summed E-state index contributed by atoms with van der Waals surface area (Å²) in [5.41, 5.74) is -0.824. The standard InChI is InChI=1S/C12H12F3NO2/c1-16(2)7-11(8-17)18-10-5-3-4-9(6-10)12(13,14)15/h3-8H,1-2H3. The van der Waals surface area contributed by atoms with Crippen molar-refractivity contribution in [3.63, 3.8) is 0 Å². The summed E-state index contributed by atoms with van der Waals surface area (Å²) in [7, 11) is 3.33. The van der Waals surface area contributed by atoms with Gasteiger partial charge in [0.05, 0.1) is 5.56 Å². The highest BCUT2D eigenvalue weighted by molar-refractivity contribution is 5.70. The van der Waals surface area contributed by atoms with E-state index in [1.54, 1.807) is 19.0 Å². The highest BCUT2D eigenvalue weighted by Crippen LogP contribution is 2.31. The van der Waals surface area contributed by atoms with Crippen molar-refractivity contribution in [3.05, 3.63) is 41.8 Å². The number of rotatable bonds is 4. The molecule has 0 saturated carbocycles. The molecule has 6 heteroatoms. The predicted molar refractivity (Wildman–Crippen MR) is 59.9 cm³/mol. The summed E-state index contributed by atoms with van der Waals surface area (Å²) in [6, 6.07) is 4.34. The molecule has 0 bridgehead atoms. The van der Waals surface area contributed by atoms with Gasteiger partial charge in [0.15, 0.2) is 12.0 Å². The molecular weight excluding hydrogens is 247 g/mol. The molecular formula is C12H12F3NO2. The number of carbonyl (C=O) groups excluding carboxylic acids is 1. The molecule has 0 spiro atoms. The van der Waals surface area contributed by atoms with Gasteiger partial charge in [-0.05, 0) is 18.2 Å². The molecule has 0 N–H and O–H groups in total. The Morgan fingerprint density at radius 1 is 1.33 bits per heavy atom. The Morgan fingerprint density at radius 2 is 2.00 bits per heavy atom. The molecule has 0 heterocycles. The van der Waals surface area contributed by atoms with Crippen molar-refractivity contribution in [2.24, 2.45) is 0 Å². The van der Waals surface area contributed by atoms with Crippen LogP contribution < -0.4 is 4.74 Å². The van der Waals surface area contributed by atoms with Crippen LogP contribution in [0, 0.1) is 0 Å². The fraction of sp³-hybridized carbons (Fsp3) is 0.250. The Kier molecular flexibility index (Phi) is 4.36. The van der Waals surface area contributed by atoms with Gasteiger partial charge in [0.25, 0.3) is 0 Å². The van der Waals surface area contributed by atoms with Crippen LogP contribution in [0.15, 0.2) is 36.2 Å². The van der Waals surface area contributed by atoms with Crippen molar-refractivity contribution in [1.82, 2.24) is 4.90 Å². The molecule has 1 rings (SSSR count). The van der Waals surface area contributed by atoms with E-state index in [1.807, 2.05) is 0 Å². The van der Waals surface area contributed by atoms with E-state index in [2.05, 4.69) is 0 Å². The first-order valence-corrected chi connectivity index (χ1v) is 5.01. The highest BCUT2D eigenvalue weighted by Gasteiger charge is 2.30. The Labute approximate surface area is 102 Å². The van der Waals surface area contributed by atoms with Gasteiger partial charge < -0.3 is 9.64 Å². The van der Waals surface area contributed by atoms with Gasteiger partial charge in [-0.2, -0.15) is 13.2 Å². The van der Waals surface area contributed by atoms with Gasteiger partial charge in [0, 0.05) is 20.3 Å². The average Bonchev–Trinajstić information content (AvgIpc) is 2.26. The molecule has 1 aromatic rings. The molecule has 0 aliphatic carbocycles. The molecule has 0 aromatic heterocycles. The first-order valence-electron chi connectivity index (χ1n) is 5.01. The molecule has 0 fully saturated rings. The van der Waals surface area contributed by atoms with Crippen LogP contribution >= 0.6 is 0 Å². The van der Waals surface area contributed by atoms with Crippen molar-refractivity contribution in [2.45, 2.75) is 6.18 Å². The van der Waals surface area contributed by atoms with Gasteiger partial charge in [-0.15, -0.1) is 0 Å². The number of allylic oxidation sites excluding steroid dienone is 1. The number of aldehydes is 1. The van der Waals surface area contributed by atoms with E-state index < -0.39 is 11.7 Å². The normalized spacial score (nSPS) is 12.2. The quantitative estimate of drug-likeness (QED) is 0.473. The second-order valence-corrected chi connectivity index (χ2v) is 3.74. The van der Waals surface area contributed by atoms with Gasteiger partial charge in [-0.1, -0.05) is 6.07 Å². The number of carbonyl (C=O) groups is 1. The topological polar surface area (TPSA) is 29.5 Å². The van der Waals surface area contributed by atoms with Crippen molar-refractivity contribution >= 4 is 6.29 Å². The zero-order valence-corrected chi connectivity index (χ0v) is 9.86. The molecule has 18 heavy (non-hydrogen) atoms. The van der Waals surface area contributed by atoms with Crippen molar-refractivity contribution < 1.29 is 22.7 Å². The van der Waals surface area contributed by atoms with Crippen LogP contribution in [-0.2, 0) is 11.0 Å². The van der Waals surface area contributed by atoms with Gasteiger partial charge >= 0.3 is 6.18 Å². The predicted octanol–water partition coefficient (Wildman–Crippen LogP) is 2.69. The molecule has 0 atom stereocenters. The van der Waals surface area contributed by atoms with Crippen LogP contribution in [0.5, 0.6) is 5.75 Å². The smallest absolute Gasteiger partial charge is 0.416 e. The van der Waals surface area contributed by atoms with E-state index in [9.17, 15) is 18.0 Å². The fourth-order valence-corrected chi connectivity index (χ4v) is 1.21. The number of alkyl halides is 3. The molecule has 98 valence electrons. The van der Waals surface area contributed by atoms with Crippen molar-refractivity contribution in [1.29, 1.82) is 0 Å². The number of hydrogen-bond donors (Lipinski definition) is 0. The fourth-order valence-electron chi connectivity index (χ4n) is 1.21. The van der Waals surface area contributed by atoms with Crippen LogP contribution in [0.4, 0.5) is 13.2 Å². The maximum absolute atomic E-state index is 12.4. The van der Waals surface area contributed by atoms with E-state index in [0.29, 0.717) is 6.29 Å². The monoisotopic (exact) mass is 259 g/mol. The number of nitrogens with zero attached hydrogens (tertiary/aromatic N) is 1. The third kappa shape index (κ3) is 4.12. The van der Waals surface area contributed by atoms with Crippen LogP contribution in [0.25, 0.3) is 0 Å². The first kappa shape index (κ1) is 14.1. The molecule has 1 aromatic carbocycles. The number of halogens is 3. The maximum atomic E-state index is 12.4. The third-order valence-electron chi connectivity index (χ3n) is 1.90. The molecule has 3 nitrogen and oxygen atoms in total. The highest BCUT2D eigenvalue weighted by atomic mass is 19.4. The molecule has 0 unspecified atom stereocenters. The van der Waals surface area contributed by atoms with E-state index in [4.69, 9.17) is 4.74 Å². The Hall–Kier alpha value is -1.98. The van der Waals surface area contributed by atoms with Gasteiger partial charge in [0.1, 0.15) is 5.75 Å². The Morgan fingerprint density at radius 3 is 2.50 bits per heavy atom. The summed E-state index contributed by atoms with van der Waals surface area (Å²) >= 11 is 0. The zero-order chi connectivity index (χ0) is 13.8. The molecule has 0 radical (unpaired) electrons. The number of benzene rings is 1. The van der Waals surface area contributed by atoms with Crippen molar-refractivity contribution in [3.8, 4) is 5.75 Å². The van der Waals surface area contributed by atoms with Gasteiger partial charge in [0.2, 0.25) is 0 Å². The van der Waals surface area contributed by atoms with Gasteiger partial charge in [-0.3, -0.25) is 4.79 Å². The summed E-state index contributed by atoms with van der Waals surface area (Å²) < 4.78 is 42.4. The van der Waals surface area contributed by atoms with Crippen LogP contribution in [0.3, 0.4) is 0 Å². The molecule has 0 aliphatic rings. The van der Waals surface area contributed by atoms with Gasteiger partial charge in [-0.25, -0.2) is 0 Å². The largest absolute Gasteiger partial charge is 0.452 e. The SMILES string of the molecule is CN(C)C=C(C=O)Oc1cccc(C(F)(F)F)c1. The van der Waals surface area contributed by atoms with E-state index in [1.165, 1.54) is 18.3 Å². The molecule has 0 amide bonds. The van der Waals surface area contributed by atoms with E-state index >= 15 is 0 Å². The summed E-state index contributed by atoms with van der Waals surface area (Å²) in [4.78, 5) is 12.2. The maximum Gasteiger partial charge on any atom is 0.416 e.